The number of carbonyl (C=O) groups excluding carboxylic acids is 2. The van der Waals surface area contributed by atoms with Gasteiger partial charge in [-0.15, -0.1) is 0 Å². The highest BCUT2D eigenvalue weighted by molar-refractivity contribution is 6.40. The quantitative estimate of drug-likeness (QED) is 0.302. The fourth-order valence-corrected chi connectivity index (χ4v) is 2.64. The second-order valence-electron chi connectivity index (χ2n) is 5.68. The number of carbonyl (C=O) groups is 2. The van der Waals surface area contributed by atoms with Crippen molar-refractivity contribution in [1.29, 1.82) is 0 Å². The van der Waals surface area contributed by atoms with E-state index >= 15 is 0 Å². The number of hydrazone groups is 1. The topological polar surface area (TPSA) is 83.5 Å². The van der Waals surface area contributed by atoms with Crippen LogP contribution in [0, 0.1) is 6.92 Å². The number of fused-ring (bicyclic) bond motifs is 1. The molecular weight excluding hydrogens is 387 g/mol. The highest BCUT2D eigenvalue weighted by Gasteiger charge is 2.13. The number of benzene rings is 2. The lowest BCUT2D eigenvalue weighted by atomic mass is 10.2. The fourth-order valence-electron chi connectivity index (χ4n) is 2.27. The van der Waals surface area contributed by atoms with E-state index in [0.29, 0.717) is 16.3 Å². The predicted molar refractivity (Wildman–Crippen MR) is 107 cm³/mol. The average Bonchev–Trinajstić information content (AvgIpc) is 2.65. The number of nitrogens with one attached hydrogen (secondary N) is 2. The molecule has 0 saturated carbocycles. The summed E-state index contributed by atoms with van der Waals surface area (Å²) in [5.74, 6) is -1.79. The number of pyridine rings is 1. The van der Waals surface area contributed by atoms with Crippen LogP contribution in [0.1, 0.15) is 11.1 Å². The lowest BCUT2D eigenvalue weighted by Crippen LogP contribution is -2.32. The minimum atomic E-state index is -0.923. The van der Waals surface area contributed by atoms with Crippen LogP contribution >= 0.6 is 23.2 Å². The van der Waals surface area contributed by atoms with Crippen LogP contribution < -0.4 is 10.7 Å². The molecule has 1 heterocycles. The van der Waals surface area contributed by atoms with Crippen LogP contribution in [0.25, 0.3) is 10.9 Å². The van der Waals surface area contributed by atoms with Crippen molar-refractivity contribution in [1.82, 2.24) is 10.4 Å². The summed E-state index contributed by atoms with van der Waals surface area (Å²) in [7, 11) is 0. The molecule has 27 heavy (non-hydrogen) atoms. The first-order valence-corrected chi connectivity index (χ1v) is 8.65. The van der Waals surface area contributed by atoms with Crippen molar-refractivity contribution in [2.45, 2.75) is 6.92 Å². The largest absolute Gasteiger partial charge is 0.329 e. The maximum Gasteiger partial charge on any atom is 0.329 e. The summed E-state index contributed by atoms with van der Waals surface area (Å²) in [5, 5.41) is 7.82. The second-order valence-corrected chi connectivity index (χ2v) is 6.44. The minimum absolute atomic E-state index is 0.241. The Morgan fingerprint density at radius 1 is 1.07 bits per heavy atom. The molecule has 136 valence electrons. The molecule has 2 amide bonds. The number of hydrogen-bond acceptors (Lipinski definition) is 4. The second kappa shape index (κ2) is 8.16. The number of hydrogen-bond donors (Lipinski definition) is 2. The van der Waals surface area contributed by atoms with Crippen molar-refractivity contribution in [3.05, 3.63) is 69.8 Å². The van der Waals surface area contributed by atoms with Gasteiger partial charge in [0.05, 0.1) is 11.7 Å². The highest BCUT2D eigenvalue weighted by Crippen LogP contribution is 2.20. The van der Waals surface area contributed by atoms with E-state index in [4.69, 9.17) is 23.2 Å². The zero-order chi connectivity index (χ0) is 19.4. The molecule has 3 rings (SSSR count). The van der Waals surface area contributed by atoms with Crippen molar-refractivity contribution in [2.24, 2.45) is 5.10 Å². The summed E-state index contributed by atoms with van der Waals surface area (Å²) in [4.78, 5) is 28.0. The van der Waals surface area contributed by atoms with Gasteiger partial charge in [0.2, 0.25) is 0 Å². The molecule has 1 aromatic heterocycles. The number of aromatic nitrogens is 1. The number of amides is 2. The molecule has 0 aliphatic carbocycles. The van der Waals surface area contributed by atoms with Gasteiger partial charge in [-0.1, -0.05) is 47.5 Å². The lowest BCUT2D eigenvalue weighted by molar-refractivity contribution is -0.136. The van der Waals surface area contributed by atoms with Gasteiger partial charge in [-0.3, -0.25) is 9.59 Å². The molecule has 0 spiro atoms. The first-order chi connectivity index (χ1) is 12.9. The van der Waals surface area contributed by atoms with E-state index in [-0.39, 0.29) is 5.15 Å². The van der Waals surface area contributed by atoms with E-state index in [9.17, 15) is 9.59 Å². The number of para-hydroxylation sites is 1. The zero-order valence-corrected chi connectivity index (χ0v) is 15.7. The van der Waals surface area contributed by atoms with E-state index in [1.54, 1.807) is 24.3 Å². The summed E-state index contributed by atoms with van der Waals surface area (Å²) in [6.45, 7) is 1.84. The van der Waals surface area contributed by atoms with Crippen molar-refractivity contribution >= 4 is 57.8 Å². The van der Waals surface area contributed by atoms with Gasteiger partial charge in [-0.05, 0) is 36.8 Å². The first kappa shape index (κ1) is 18.8. The molecule has 0 unspecified atom stereocenters. The summed E-state index contributed by atoms with van der Waals surface area (Å²) in [5.41, 5.74) is 4.70. The Bertz CT molecular complexity index is 1070. The summed E-state index contributed by atoms with van der Waals surface area (Å²) >= 11 is 12.1. The molecule has 0 aliphatic rings. The van der Waals surface area contributed by atoms with Gasteiger partial charge < -0.3 is 5.32 Å². The molecule has 2 N–H and O–H groups in total. The molecule has 8 heteroatoms. The third-order valence-electron chi connectivity index (χ3n) is 3.71. The Hall–Kier alpha value is -2.96. The summed E-state index contributed by atoms with van der Waals surface area (Å²) in [6, 6.07) is 14.2. The van der Waals surface area contributed by atoms with Gasteiger partial charge in [-0.25, -0.2) is 10.4 Å². The Labute approximate surface area is 165 Å². The minimum Gasteiger partial charge on any atom is -0.318 e. The van der Waals surface area contributed by atoms with Crippen LogP contribution in [0.15, 0.2) is 53.6 Å². The Morgan fingerprint density at radius 3 is 2.63 bits per heavy atom. The van der Waals surface area contributed by atoms with E-state index in [1.165, 1.54) is 6.21 Å². The fraction of sp³-hybridized carbons (Fsp3) is 0.0526. The third-order valence-corrected chi connectivity index (χ3v) is 4.42. The summed E-state index contributed by atoms with van der Waals surface area (Å²) in [6.07, 6.45) is 1.33. The molecule has 2 aromatic carbocycles. The molecule has 0 atom stereocenters. The monoisotopic (exact) mass is 400 g/mol. The molecule has 6 nitrogen and oxygen atoms in total. The van der Waals surface area contributed by atoms with Gasteiger partial charge in [-0.2, -0.15) is 5.10 Å². The zero-order valence-electron chi connectivity index (χ0n) is 14.2. The molecule has 0 bridgehead atoms. The maximum absolute atomic E-state index is 11.9. The van der Waals surface area contributed by atoms with Gasteiger partial charge in [0.15, 0.2) is 0 Å². The molecule has 0 saturated heterocycles. The third kappa shape index (κ3) is 4.61. The van der Waals surface area contributed by atoms with Crippen LogP contribution in [-0.2, 0) is 9.59 Å². The van der Waals surface area contributed by atoms with Crippen molar-refractivity contribution in [2.75, 3.05) is 5.32 Å². The Balaban J connectivity index is 1.65. The maximum atomic E-state index is 11.9. The molecule has 3 aromatic rings. The number of anilines is 1. The van der Waals surface area contributed by atoms with E-state index in [1.807, 2.05) is 31.2 Å². The van der Waals surface area contributed by atoms with E-state index < -0.39 is 11.8 Å². The van der Waals surface area contributed by atoms with Crippen LogP contribution in [-0.4, -0.2) is 23.0 Å². The van der Waals surface area contributed by atoms with Crippen LogP contribution in [0.4, 0.5) is 5.69 Å². The molecule has 0 fully saturated rings. The lowest BCUT2D eigenvalue weighted by Gasteiger charge is -2.06. The highest BCUT2D eigenvalue weighted by atomic mass is 35.5. The normalized spacial score (nSPS) is 10.9. The molecular formula is C19H14Cl2N4O2. The van der Waals surface area contributed by atoms with E-state index in [2.05, 4.69) is 20.8 Å². The molecule has 0 radical (unpaired) electrons. The first-order valence-electron chi connectivity index (χ1n) is 7.90. The van der Waals surface area contributed by atoms with E-state index in [0.717, 1.165) is 16.5 Å². The van der Waals surface area contributed by atoms with Gasteiger partial charge >= 0.3 is 11.8 Å². The smallest absolute Gasteiger partial charge is 0.318 e. The van der Waals surface area contributed by atoms with Gasteiger partial charge in [0, 0.05) is 21.7 Å². The van der Waals surface area contributed by atoms with Crippen molar-refractivity contribution in [3.63, 3.8) is 0 Å². The van der Waals surface area contributed by atoms with Crippen LogP contribution in [0.2, 0.25) is 10.2 Å². The number of halogens is 2. The van der Waals surface area contributed by atoms with Crippen molar-refractivity contribution < 1.29 is 9.59 Å². The molecule has 0 aliphatic heterocycles. The standard InChI is InChI=1S/C19H14Cl2N4O2/c1-11-6-7-14(9-15(11)20)23-18(26)19(27)25-22-10-13-8-12-4-2-3-5-16(12)24-17(13)21/h2-10H,1H3,(H,23,26)(H,25,27)/b22-10+. The average molecular weight is 401 g/mol. The van der Waals surface area contributed by atoms with Crippen molar-refractivity contribution in [3.8, 4) is 0 Å². The van der Waals surface area contributed by atoms with Gasteiger partial charge in [0.1, 0.15) is 5.15 Å². The number of rotatable bonds is 3. The summed E-state index contributed by atoms with van der Waals surface area (Å²) < 4.78 is 0. The van der Waals surface area contributed by atoms with Gasteiger partial charge in [0.25, 0.3) is 0 Å². The SMILES string of the molecule is Cc1ccc(NC(=O)C(=O)N/N=C/c2cc3ccccc3nc2Cl)cc1Cl. The Morgan fingerprint density at radius 2 is 1.85 bits per heavy atom. The number of nitrogens with zero attached hydrogens (tertiary/aromatic N) is 2. The van der Waals surface area contributed by atoms with Crippen LogP contribution in [0.3, 0.4) is 0 Å². The number of aryl methyl sites for hydroxylation is 1. The predicted octanol–water partition coefficient (Wildman–Crippen LogP) is 3.94. The Kier molecular flexibility index (Phi) is 5.69. The van der Waals surface area contributed by atoms with Crippen LogP contribution in [0.5, 0.6) is 0 Å².